The van der Waals surface area contributed by atoms with Crippen LogP contribution in [0.5, 0.6) is 0 Å². The van der Waals surface area contributed by atoms with Crippen LogP contribution in [0.2, 0.25) is 0 Å². The average Bonchev–Trinajstić information content (AvgIpc) is 3.18. The predicted molar refractivity (Wildman–Crippen MR) is 113 cm³/mol. The van der Waals surface area contributed by atoms with Gasteiger partial charge in [0.2, 0.25) is 11.8 Å². The van der Waals surface area contributed by atoms with E-state index in [0.29, 0.717) is 10.7 Å². The van der Waals surface area contributed by atoms with E-state index in [4.69, 9.17) is 0 Å². The maximum absolute atomic E-state index is 13.4. The van der Waals surface area contributed by atoms with Gasteiger partial charge in [-0.3, -0.25) is 14.4 Å². The molecule has 1 fully saturated rings. The van der Waals surface area contributed by atoms with Gasteiger partial charge in [-0.25, -0.2) is 4.90 Å². The molecule has 5 rings (SSSR count). The predicted octanol–water partition coefficient (Wildman–Crippen LogP) is 3.99. The summed E-state index contributed by atoms with van der Waals surface area (Å²) in [4.78, 5) is 43.4. The number of thioether (sulfide) groups is 1. The minimum absolute atomic E-state index is 0.164. The van der Waals surface area contributed by atoms with Crippen LogP contribution < -0.4 is 9.77 Å². The largest absolute Gasteiger partial charge is 0.307 e. The Morgan fingerprint density at radius 2 is 1.64 bits per heavy atom. The molecule has 3 aromatic rings. The molecule has 2 aromatic carbocycles. The summed E-state index contributed by atoms with van der Waals surface area (Å²) in [5.74, 6) is -1.31. The molecule has 2 aliphatic rings. The first-order chi connectivity index (χ1) is 13.5. The van der Waals surface area contributed by atoms with Gasteiger partial charge in [0.05, 0.1) is 16.6 Å². The molecule has 0 spiro atoms. The van der Waals surface area contributed by atoms with Crippen molar-refractivity contribution in [3.05, 3.63) is 79.2 Å². The zero-order valence-electron chi connectivity index (χ0n) is 14.3. The number of fused-ring (bicyclic) bond motifs is 2. The monoisotopic (exact) mass is 472 g/mol. The fraction of sp³-hybridized carbons (Fsp3) is 0.150. The number of carbonyl (C=O) groups is 2. The summed E-state index contributed by atoms with van der Waals surface area (Å²) in [7, 11) is 0. The van der Waals surface area contributed by atoms with Gasteiger partial charge >= 0.3 is 4.87 Å². The number of nitrogens with zero attached hydrogens (tertiary/aromatic N) is 1. The molecule has 0 radical (unpaired) electrons. The van der Waals surface area contributed by atoms with E-state index in [9.17, 15) is 14.4 Å². The number of benzene rings is 2. The van der Waals surface area contributed by atoms with Gasteiger partial charge in [0.1, 0.15) is 5.25 Å². The Kier molecular flexibility index (Phi) is 4.30. The zero-order valence-corrected chi connectivity index (χ0v) is 17.5. The van der Waals surface area contributed by atoms with Crippen LogP contribution >= 0.6 is 39.0 Å². The molecule has 5 nitrogen and oxygen atoms in total. The van der Waals surface area contributed by atoms with E-state index < -0.39 is 11.2 Å². The lowest BCUT2D eigenvalue weighted by Crippen LogP contribution is -2.32. The molecule has 0 saturated carbocycles. The molecule has 2 amide bonds. The fourth-order valence-electron chi connectivity index (χ4n) is 3.88. The van der Waals surface area contributed by atoms with Crippen molar-refractivity contribution in [2.45, 2.75) is 16.2 Å². The molecule has 1 saturated heterocycles. The Morgan fingerprint density at radius 1 is 0.929 bits per heavy atom. The van der Waals surface area contributed by atoms with Gasteiger partial charge in [0.25, 0.3) is 0 Å². The molecule has 140 valence electrons. The highest BCUT2D eigenvalue weighted by molar-refractivity contribution is 9.10. The van der Waals surface area contributed by atoms with Gasteiger partial charge in [-0.1, -0.05) is 69.4 Å². The van der Waals surface area contributed by atoms with Crippen molar-refractivity contribution in [2.75, 3.05) is 4.90 Å². The molecule has 0 aliphatic carbocycles. The van der Waals surface area contributed by atoms with Crippen LogP contribution in [-0.2, 0) is 9.59 Å². The maximum Gasteiger partial charge on any atom is 0.305 e. The molecular weight excluding hydrogens is 460 g/mol. The molecule has 1 aromatic heterocycles. The molecule has 0 unspecified atom stereocenters. The fourth-order valence-corrected chi connectivity index (χ4v) is 6.66. The van der Waals surface area contributed by atoms with Gasteiger partial charge in [0.15, 0.2) is 0 Å². The van der Waals surface area contributed by atoms with Crippen molar-refractivity contribution < 1.29 is 9.59 Å². The number of carbonyl (C=O) groups excluding carboxylic acids is 2. The van der Waals surface area contributed by atoms with E-state index in [-0.39, 0.29) is 22.6 Å². The van der Waals surface area contributed by atoms with Gasteiger partial charge in [-0.15, -0.1) is 0 Å². The van der Waals surface area contributed by atoms with Crippen molar-refractivity contribution in [1.29, 1.82) is 0 Å². The van der Waals surface area contributed by atoms with Crippen molar-refractivity contribution in [1.82, 2.24) is 4.98 Å². The standard InChI is InChI=1S/C20H13BrN2O3S2/c21-11-6-8-12(9-7-11)23-18(24)14-13(10-4-2-1-3-5-10)15-17(22-20(26)28-15)27-16(14)19(23)25/h1-9,13-14,16H,(H,22,26)/t13-,14-,16+/m1/s1. The number of H-pyrrole nitrogens is 1. The van der Waals surface area contributed by atoms with Crippen molar-refractivity contribution in [3.63, 3.8) is 0 Å². The second kappa shape index (κ2) is 6.72. The second-order valence-electron chi connectivity index (χ2n) is 6.65. The SMILES string of the molecule is O=C1[C@@H]2[C@@H](c3ccccc3)c3sc(=O)[nH]c3S[C@@H]2C(=O)N1c1ccc(Br)cc1. The van der Waals surface area contributed by atoms with Crippen LogP contribution in [0.4, 0.5) is 5.69 Å². The summed E-state index contributed by atoms with van der Waals surface area (Å²) >= 11 is 5.80. The third-order valence-corrected chi connectivity index (χ3v) is 8.00. The maximum atomic E-state index is 13.4. The van der Waals surface area contributed by atoms with Crippen molar-refractivity contribution in [3.8, 4) is 0 Å². The Balaban J connectivity index is 1.65. The number of amides is 2. The van der Waals surface area contributed by atoms with E-state index in [1.54, 1.807) is 12.1 Å². The number of imide groups is 1. The molecule has 3 atom stereocenters. The summed E-state index contributed by atoms with van der Waals surface area (Å²) in [6.07, 6.45) is 0. The lowest BCUT2D eigenvalue weighted by Gasteiger charge is -2.29. The van der Waals surface area contributed by atoms with E-state index in [1.165, 1.54) is 16.7 Å². The third kappa shape index (κ3) is 2.70. The number of hydrogen-bond donors (Lipinski definition) is 1. The van der Waals surface area contributed by atoms with E-state index in [0.717, 1.165) is 26.3 Å². The first kappa shape index (κ1) is 17.9. The summed E-state index contributed by atoms with van der Waals surface area (Å²) in [6, 6.07) is 16.8. The molecule has 28 heavy (non-hydrogen) atoms. The van der Waals surface area contributed by atoms with Crippen molar-refractivity contribution in [2.24, 2.45) is 5.92 Å². The van der Waals surface area contributed by atoms with Crippen LogP contribution in [0.25, 0.3) is 0 Å². The Hall–Kier alpha value is -2.16. The number of aromatic amines is 1. The quantitative estimate of drug-likeness (QED) is 0.572. The van der Waals surface area contributed by atoms with Crippen LogP contribution in [0.15, 0.2) is 68.9 Å². The number of hydrogen-bond acceptors (Lipinski definition) is 5. The Bertz CT molecular complexity index is 1140. The average molecular weight is 473 g/mol. The highest BCUT2D eigenvalue weighted by Crippen LogP contribution is 2.53. The van der Waals surface area contributed by atoms with Gasteiger partial charge in [0, 0.05) is 15.3 Å². The second-order valence-corrected chi connectivity index (χ2v) is 9.73. The Morgan fingerprint density at radius 3 is 2.36 bits per heavy atom. The van der Waals surface area contributed by atoms with Gasteiger partial charge in [-0.05, 0) is 29.8 Å². The normalized spacial score (nSPS) is 23.6. The minimum Gasteiger partial charge on any atom is -0.307 e. The Labute approximate surface area is 176 Å². The summed E-state index contributed by atoms with van der Waals surface area (Å²) in [6.45, 7) is 0. The van der Waals surface area contributed by atoms with E-state index >= 15 is 0 Å². The summed E-state index contributed by atoms with van der Waals surface area (Å²) < 4.78 is 0.879. The highest BCUT2D eigenvalue weighted by Gasteiger charge is 2.56. The molecule has 2 aliphatic heterocycles. The van der Waals surface area contributed by atoms with Crippen molar-refractivity contribution >= 4 is 56.5 Å². The topological polar surface area (TPSA) is 70.2 Å². The van der Waals surface area contributed by atoms with Gasteiger partial charge < -0.3 is 4.98 Å². The number of rotatable bonds is 2. The number of thiazole rings is 1. The molecule has 0 bridgehead atoms. The van der Waals surface area contributed by atoms with E-state index in [2.05, 4.69) is 20.9 Å². The first-order valence-corrected chi connectivity index (χ1v) is 11.1. The highest BCUT2D eigenvalue weighted by atomic mass is 79.9. The molecule has 1 N–H and O–H groups in total. The number of aromatic nitrogens is 1. The molecule has 3 heterocycles. The smallest absolute Gasteiger partial charge is 0.305 e. The number of halogens is 1. The molecular formula is C20H13BrN2O3S2. The first-order valence-electron chi connectivity index (χ1n) is 8.62. The molecule has 8 heteroatoms. The zero-order chi connectivity index (χ0) is 19.4. The van der Waals surface area contributed by atoms with Crippen LogP contribution in [0, 0.1) is 5.92 Å². The van der Waals surface area contributed by atoms with E-state index in [1.807, 2.05) is 42.5 Å². The number of nitrogens with one attached hydrogen (secondary N) is 1. The van der Waals surface area contributed by atoms with Crippen LogP contribution in [0.1, 0.15) is 16.4 Å². The lowest BCUT2D eigenvalue weighted by atomic mass is 9.83. The minimum atomic E-state index is -0.556. The third-order valence-electron chi connectivity index (χ3n) is 5.07. The van der Waals surface area contributed by atoms with Crippen LogP contribution in [0.3, 0.4) is 0 Å². The number of anilines is 1. The lowest BCUT2D eigenvalue weighted by molar-refractivity contribution is -0.122. The van der Waals surface area contributed by atoms with Gasteiger partial charge in [-0.2, -0.15) is 0 Å². The summed E-state index contributed by atoms with van der Waals surface area (Å²) in [5.41, 5.74) is 1.50. The van der Waals surface area contributed by atoms with Crippen LogP contribution in [-0.4, -0.2) is 22.0 Å². The summed E-state index contributed by atoms with van der Waals surface area (Å²) in [5, 5.41) is 0.142.